The molecule has 8 heteroatoms. The summed E-state index contributed by atoms with van der Waals surface area (Å²) in [7, 11) is 0. The van der Waals surface area contributed by atoms with Crippen molar-refractivity contribution in [1.82, 2.24) is 0 Å². The van der Waals surface area contributed by atoms with Crippen LogP contribution in [0.2, 0.25) is 0 Å². The maximum atomic E-state index is 14.3. The number of rotatable bonds is 0. The molecule has 0 bridgehead atoms. The third-order valence-corrected chi connectivity index (χ3v) is 3.30. The van der Waals surface area contributed by atoms with Crippen molar-refractivity contribution in [2.24, 2.45) is 0 Å². The van der Waals surface area contributed by atoms with E-state index in [1.807, 2.05) is 0 Å². The Morgan fingerprint density at radius 1 is 0.591 bits per heavy atom. The summed E-state index contributed by atoms with van der Waals surface area (Å²) in [5.74, 6) is -13.8. The summed E-state index contributed by atoms with van der Waals surface area (Å²) in [5.41, 5.74) is 0. The highest BCUT2D eigenvalue weighted by Crippen LogP contribution is 2.40. The predicted octanol–water partition coefficient (Wildman–Crippen LogP) is 4.24. The van der Waals surface area contributed by atoms with E-state index in [4.69, 9.17) is 5.11 Å². The molecule has 0 fully saturated rings. The Bertz CT molecular complexity index is 968. The van der Waals surface area contributed by atoms with Crippen molar-refractivity contribution in [3.05, 3.63) is 47.0 Å². The molecule has 0 aliphatic heterocycles. The quantitative estimate of drug-likeness (QED) is 0.370. The molecule has 0 radical (unpaired) electrons. The summed E-state index contributed by atoms with van der Waals surface area (Å²) in [6.07, 6.45) is 0. The number of phenolic OH excluding ortho intramolecular Hbond substituents is 2. The van der Waals surface area contributed by atoms with Crippen molar-refractivity contribution < 1.29 is 36.6 Å². The van der Waals surface area contributed by atoms with E-state index >= 15 is 0 Å². The molecule has 0 aliphatic rings. The van der Waals surface area contributed by atoms with E-state index in [0.29, 0.717) is 12.1 Å². The number of fused-ring (bicyclic) bond motifs is 2. The van der Waals surface area contributed by atoms with E-state index in [0.717, 1.165) is 0 Å². The van der Waals surface area contributed by atoms with Crippen molar-refractivity contribution in [1.29, 1.82) is 0 Å². The molecule has 0 aliphatic carbocycles. The Hall–Kier alpha value is -2.64. The SMILES string of the molecule is Oc1c(F)cc2cc3c(O)c(F)c(F)c(F)c3c(F)c2c1F. The average molecular weight is 318 g/mol. The molecule has 0 saturated heterocycles. The monoisotopic (exact) mass is 318 g/mol. The van der Waals surface area contributed by atoms with Crippen molar-refractivity contribution in [3.8, 4) is 11.5 Å². The summed E-state index contributed by atoms with van der Waals surface area (Å²) in [6.45, 7) is 0. The molecule has 2 nitrogen and oxygen atoms in total. The van der Waals surface area contributed by atoms with Crippen molar-refractivity contribution in [3.63, 3.8) is 0 Å². The minimum Gasteiger partial charge on any atom is -0.504 e. The summed E-state index contributed by atoms with van der Waals surface area (Å²) >= 11 is 0. The molecule has 0 aromatic heterocycles. The molecular formula is C14H4F6O2. The Balaban J connectivity index is 2.68. The predicted molar refractivity (Wildman–Crippen MR) is 64.5 cm³/mol. The third-order valence-electron chi connectivity index (χ3n) is 3.30. The zero-order valence-electron chi connectivity index (χ0n) is 10.3. The lowest BCUT2D eigenvalue weighted by atomic mass is 10.00. The van der Waals surface area contributed by atoms with E-state index < -0.39 is 67.9 Å². The van der Waals surface area contributed by atoms with Gasteiger partial charge >= 0.3 is 0 Å². The van der Waals surface area contributed by atoms with Crippen molar-refractivity contribution in [2.75, 3.05) is 0 Å². The van der Waals surface area contributed by atoms with Crippen LogP contribution >= 0.6 is 0 Å². The first-order chi connectivity index (χ1) is 10.3. The zero-order chi connectivity index (χ0) is 16.3. The van der Waals surface area contributed by atoms with Gasteiger partial charge in [0, 0.05) is 5.39 Å². The van der Waals surface area contributed by atoms with Gasteiger partial charge in [0.15, 0.2) is 34.8 Å². The molecule has 114 valence electrons. The molecule has 2 N–H and O–H groups in total. The average Bonchev–Trinajstić information content (AvgIpc) is 2.48. The van der Waals surface area contributed by atoms with Crippen LogP contribution in [0.3, 0.4) is 0 Å². The van der Waals surface area contributed by atoms with Crippen molar-refractivity contribution in [2.45, 2.75) is 0 Å². The lowest BCUT2D eigenvalue weighted by molar-refractivity contribution is 0.393. The Kier molecular flexibility index (Phi) is 2.88. The number of phenols is 2. The molecule has 0 saturated carbocycles. The van der Waals surface area contributed by atoms with Crippen LogP contribution in [0.15, 0.2) is 12.1 Å². The minimum atomic E-state index is -2.14. The molecule has 0 spiro atoms. The molecule has 0 heterocycles. The molecule has 3 aromatic rings. The van der Waals surface area contributed by atoms with Crippen LogP contribution in [0.1, 0.15) is 0 Å². The third kappa shape index (κ3) is 1.63. The number of halogens is 6. The lowest BCUT2D eigenvalue weighted by Crippen LogP contribution is -1.98. The maximum Gasteiger partial charge on any atom is 0.204 e. The Morgan fingerprint density at radius 3 is 1.86 bits per heavy atom. The fourth-order valence-corrected chi connectivity index (χ4v) is 2.26. The van der Waals surface area contributed by atoms with Gasteiger partial charge in [-0.1, -0.05) is 0 Å². The number of aromatic hydroxyl groups is 2. The maximum absolute atomic E-state index is 14.3. The highest BCUT2D eigenvalue weighted by atomic mass is 19.2. The highest BCUT2D eigenvalue weighted by molar-refractivity contribution is 6.02. The van der Waals surface area contributed by atoms with E-state index in [1.165, 1.54) is 0 Å². The summed E-state index contributed by atoms with van der Waals surface area (Å²) in [5, 5.41) is 15.0. The van der Waals surface area contributed by atoms with Crippen LogP contribution in [0, 0.1) is 34.9 Å². The van der Waals surface area contributed by atoms with Gasteiger partial charge in [0.25, 0.3) is 0 Å². The van der Waals surface area contributed by atoms with E-state index in [1.54, 1.807) is 0 Å². The first-order valence-corrected chi connectivity index (χ1v) is 5.74. The van der Waals surface area contributed by atoms with Gasteiger partial charge in [-0.15, -0.1) is 0 Å². The second-order valence-corrected chi connectivity index (χ2v) is 4.52. The molecule has 0 atom stereocenters. The first kappa shape index (κ1) is 14.3. The normalized spacial score (nSPS) is 11.5. The Labute approximate surface area is 117 Å². The molecule has 0 unspecified atom stereocenters. The Morgan fingerprint density at radius 2 is 1.23 bits per heavy atom. The topological polar surface area (TPSA) is 40.5 Å². The van der Waals surface area contributed by atoms with E-state index in [9.17, 15) is 31.4 Å². The summed E-state index contributed by atoms with van der Waals surface area (Å²) in [6, 6.07) is 1.19. The smallest absolute Gasteiger partial charge is 0.204 e. The van der Waals surface area contributed by atoms with Gasteiger partial charge in [0.05, 0.1) is 10.8 Å². The summed E-state index contributed by atoms with van der Waals surface area (Å²) < 4.78 is 81.6. The van der Waals surface area contributed by atoms with Crippen LogP contribution < -0.4 is 0 Å². The minimum absolute atomic E-state index is 0.509. The standard InChI is InChI=1S/C14H4F6O2/c15-5-2-3-1-4-7(8(16)6(3)10(18)14(5)22)9(17)11(19)12(20)13(4)21/h1-2,21-22H. The largest absolute Gasteiger partial charge is 0.504 e. The van der Waals surface area contributed by atoms with E-state index in [2.05, 4.69) is 0 Å². The molecule has 3 rings (SSSR count). The zero-order valence-corrected chi connectivity index (χ0v) is 10.3. The molecule has 22 heavy (non-hydrogen) atoms. The van der Waals surface area contributed by atoms with Gasteiger partial charge in [-0.05, 0) is 17.5 Å². The summed E-state index contributed by atoms with van der Waals surface area (Å²) in [4.78, 5) is 0. The van der Waals surface area contributed by atoms with Crippen LogP contribution in [0.5, 0.6) is 11.5 Å². The van der Waals surface area contributed by atoms with Crippen LogP contribution in [-0.2, 0) is 0 Å². The number of hydrogen-bond acceptors (Lipinski definition) is 2. The van der Waals surface area contributed by atoms with Gasteiger partial charge in [0.1, 0.15) is 5.82 Å². The molecule has 3 aromatic carbocycles. The van der Waals surface area contributed by atoms with Crippen molar-refractivity contribution >= 4 is 21.5 Å². The van der Waals surface area contributed by atoms with Crippen LogP contribution in [-0.4, -0.2) is 10.2 Å². The van der Waals surface area contributed by atoms with Gasteiger partial charge in [0.2, 0.25) is 5.82 Å². The van der Waals surface area contributed by atoms with Crippen LogP contribution in [0.4, 0.5) is 26.3 Å². The van der Waals surface area contributed by atoms with Gasteiger partial charge in [-0.3, -0.25) is 0 Å². The van der Waals surface area contributed by atoms with E-state index in [-0.39, 0.29) is 0 Å². The van der Waals surface area contributed by atoms with Gasteiger partial charge in [-0.2, -0.15) is 4.39 Å². The highest BCUT2D eigenvalue weighted by Gasteiger charge is 2.26. The van der Waals surface area contributed by atoms with Gasteiger partial charge < -0.3 is 10.2 Å². The fourth-order valence-electron chi connectivity index (χ4n) is 2.26. The number of hydrogen-bond donors (Lipinski definition) is 2. The first-order valence-electron chi connectivity index (χ1n) is 5.74. The molecule has 0 amide bonds. The second kappa shape index (κ2) is 4.43. The van der Waals surface area contributed by atoms with Gasteiger partial charge in [-0.25, -0.2) is 22.0 Å². The second-order valence-electron chi connectivity index (χ2n) is 4.52. The van der Waals surface area contributed by atoms with Crippen LogP contribution in [0.25, 0.3) is 21.5 Å². The fraction of sp³-hybridized carbons (Fsp3) is 0. The number of benzene rings is 3. The lowest BCUT2D eigenvalue weighted by Gasteiger charge is -2.11. The molecular weight excluding hydrogens is 314 g/mol.